The van der Waals surface area contributed by atoms with Crippen molar-refractivity contribution in [3.05, 3.63) is 48.0 Å². The minimum atomic E-state index is -0.565. The fourth-order valence-corrected chi connectivity index (χ4v) is 2.90. The number of hydrogen-bond donors (Lipinski definition) is 1. The SMILES string of the molecule is CCC1CC(O)(c2ccc3ccccc3c2)C1. The highest BCUT2D eigenvalue weighted by Crippen LogP contribution is 2.47. The van der Waals surface area contributed by atoms with Gasteiger partial charge in [0.1, 0.15) is 0 Å². The van der Waals surface area contributed by atoms with E-state index in [4.69, 9.17) is 0 Å². The quantitative estimate of drug-likeness (QED) is 0.824. The van der Waals surface area contributed by atoms with E-state index >= 15 is 0 Å². The normalized spacial score (nSPS) is 28.0. The maximum Gasteiger partial charge on any atom is 0.0902 e. The number of hydrogen-bond acceptors (Lipinski definition) is 1. The van der Waals surface area contributed by atoms with E-state index in [0.29, 0.717) is 5.92 Å². The second kappa shape index (κ2) is 3.85. The summed E-state index contributed by atoms with van der Waals surface area (Å²) in [6.07, 6.45) is 3.01. The standard InChI is InChI=1S/C16H18O/c1-2-12-10-16(17,11-12)15-8-7-13-5-3-4-6-14(13)9-15/h3-9,12,17H,2,10-11H2,1H3. The van der Waals surface area contributed by atoms with Gasteiger partial charge in [0.25, 0.3) is 0 Å². The fourth-order valence-electron chi connectivity index (χ4n) is 2.90. The Morgan fingerprint density at radius 1 is 1.12 bits per heavy atom. The zero-order chi connectivity index (χ0) is 11.9. The van der Waals surface area contributed by atoms with Crippen molar-refractivity contribution in [1.82, 2.24) is 0 Å². The molecule has 0 atom stereocenters. The van der Waals surface area contributed by atoms with E-state index in [9.17, 15) is 5.11 Å². The Kier molecular flexibility index (Phi) is 2.44. The van der Waals surface area contributed by atoms with Crippen LogP contribution < -0.4 is 0 Å². The van der Waals surface area contributed by atoms with Gasteiger partial charge in [-0.05, 0) is 41.2 Å². The van der Waals surface area contributed by atoms with Crippen molar-refractivity contribution >= 4 is 10.8 Å². The predicted octanol–water partition coefficient (Wildman–Crippen LogP) is 3.85. The Labute approximate surface area is 102 Å². The molecule has 0 amide bonds. The molecule has 1 aliphatic rings. The minimum Gasteiger partial charge on any atom is -0.385 e. The van der Waals surface area contributed by atoms with Crippen molar-refractivity contribution in [1.29, 1.82) is 0 Å². The molecule has 1 N–H and O–H groups in total. The second-order valence-electron chi connectivity index (χ2n) is 5.28. The molecule has 0 heterocycles. The van der Waals surface area contributed by atoms with Gasteiger partial charge < -0.3 is 5.11 Å². The molecule has 2 aromatic carbocycles. The molecule has 1 aliphatic carbocycles. The third-order valence-electron chi connectivity index (χ3n) is 4.12. The van der Waals surface area contributed by atoms with Gasteiger partial charge in [-0.1, -0.05) is 49.7 Å². The van der Waals surface area contributed by atoms with Crippen molar-refractivity contribution in [2.24, 2.45) is 5.92 Å². The largest absolute Gasteiger partial charge is 0.385 e. The lowest BCUT2D eigenvalue weighted by atomic mass is 9.66. The highest BCUT2D eigenvalue weighted by atomic mass is 16.3. The van der Waals surface area contributed by atoms with Gasteiger partial charge in [-0.3, -0.25) is 0 Å². The molecule has 3 rings (SSSR count). The summed E-state index contributed by atoms with van der Waals surface area (Å²) in [4.78, 5) is 0. The van der Waals surface area contributed by atoms with Gasteiger partial charge in [0.05, 0.1) is 5.60 Å². The fraction of sp³-hybridized carbons (Fsp3) is 0.375. The predicted molar refractivity (Wildman–Crippen MR) is 70.9 cm³/mol. The van der Waals surface area contributed by atoms with Crippen LogP contribution in [-0.2, 0) is 5.60 Å². The summed E-state index contributed by atoms with van der Waals surface area (Å²) in [5.41, 5.74) is 0.519. The Morgan fingerprint density at radius 2 is 1.82 bits per heavy atom. The Balaban J connectivity index is 1.96. The van der Waals surface area contributed by atoms with Crippen molar-refractivity contribution in [2.45, 2.75) is 31.8 Å². The first kappa shape index (κ1) is 10.8. The van der Waals surface area contributed by atoms with Crippen LogP contribution in [0.3, 0.4) is 0 Å². The van der Waals surface area contributed by atoms with Crippen LogP contribution in [0.4, 0.5) is 0 Å². The van der Waals surface area contributed by atoms with E-state index in [0.717, 1.165) is 18.4 Å². The van der Waals surface area contributed by atoms with Crippen LogP contribution in [0, 0.1) is 5.92 Å². The monoisotopic (exact) mass is 226 g/mol. The molecule has 1 nitrogen and oxygen atoms in total. The molecule has 1 fully saturated rings. The zero-order valence-corrected chi connectivity index (χ0v) is 10.2. The van der Waals surface area contributed by atoms with Gasteiger partial charge in [0.2, 0.25) is 0 Å². The maximum atomic E-state index is 10.5. The summed E-state index contributed by atoms with van der Waals surface area (Å²) in [6.45, 7) is 2.20. The Hall–Kier alpha value is -1.34. The van der Waals surface area contributed by atoms with Gasteiger partial charge in [-0.15, -0.1) is 0 Å². The van der Waals surface area contributed by atoms with Crippen LogP contribution in [0.15, 0.2) is 42.5 Å². The highest BCUT2D eigenvalue weighted by Gasteiger charge is 2.42. The summed E-state index contributed by atoms with van der Waals surface area (Å²) < 4.78 is 0. The lowest BCUT2D eigenvalue weighted by Gasteiger charge is -2.44. The maximum absolute atomic E-state index is 10.5. The Morgan fingerprint density at radius 3 is 2.53 bits per heavy atom. The average molecular weight is 226 g/mol. The summed E-state index contributed by atoms with van der Waals surface area (Å²) in [5, 5.41) is 13.0. The number of aliphatic hydroxyl groups is 1. The lowest BCUT2D eigenvalue weighted by molar-refractivity contribution is -0.0805. The molecular formula is C16H18O. The van der Waals surface area contributed by atoms with Gasteiger partial charge in [-0.2, -0.15) is 0 Å². The smallest absolute Gasteiger partial charge is 0.0902 e. The van der Waals surface area contributed by atoms with Crippen LogP contribution in [0.5, 0.6) is 0 Å². The minimum absolute atomic E-state index is 0.565. The summed E-state index contributed by atoms with van der Waals surface area (Å²) >= 11 is 0. The van der Waals surface area contributed by atoms with E-state index in [1.54, 1.807) is 0 Å². The van der Waals surface area contributed by atoms with Crippen molar-refractivity contribution in [3.63, 3.8) is 0 Å². The topological polar surface area (TPSA) is 20.2 Å². The number of rotatable bonds is 2. The van der Waals surface area contributed by atoms with Crippen LogP contribution in [0.1, 0.15) is 31.7 Å². The first-order valence-electron chi connectivity index (χ1n) is 6.43. The van der Waals surface area contributed by atoms with Gasteiger partial charge in [0.15, 0.2) is 0 Å². The molecule has 1 saturated carbocycles. The van der Waals surface area contributed by atoms with E-state index in [1.807, 2.05) is 12.1 Å². The van der Waals surface area contributed by atoms with E-state index < -0.39 is 5.60 Å². The van der Waals surface area contributed by atoms with Gasteiger partial charge in [0, 0.05) is 0 Å². The first-order chi connectivity index (χ1) is 8.21. The van der Waals surface area contributed by atoms with Gasteiger partial charge >= 0.3 is 0 Å². The summed E-state index contributed by atoms with van der Waals surface area (Å²) in [7, 11) is 0. The molecule has 0 aliphatic heterocycles. The van der Waals surface area contributed by atoms with E-state index in [2.05, 4.69) is 37.3 Å². The first-order valence-corrected chi connectivity index (χ1v) is 6.43. The molecule has 0 radical (unpaired) electrons. The van der Waals surface area contributed by atoms with Crippen molar-refractivity contribution < 1.29 is 5.11 Å². The van der Waals surface area contributed by atoms with Crippen molar-refractivity contribution in [2.75, 3.05) is 0 Å². The third kappa shape index (κ3) is 1.75. The zero-order valence-electron chi connectivity index (χ0n) is 10.2. The van der Waals surface area contributed by atoms with Crippen molar-refractivity contribution in [3.8, 4) is 0 Å². The molecule has 1 heteroatoms. The van der Waals surface area contributed by atoms with Crippen LogP contribution >= 0.6 is 0 Å². The molecule has 2 aromatic rings. The summed E-state index contributed by atoms with van der Waals surface area (Å²) in [6, 6.07) is 14.6. The number of benzene rings is 2. The third-order valence-corrected chi connectivity index (χ3v) is 4.12. The molecule has 0 saturated heterocycles. The average Bonchev–Trinajstić information content (AvgIpc) is 2.34. The Bertz CT molecular complexity index is 538. The molecule has 0 aromatic heterocycles. The van der Waals surface area contributed by atoms with Gasteiger partial charge in [-0.25, -0.2) is 0 Å². The van der Waals surface area contributed by atoms with E-state index in [-0.39, 0.29) is 0 Å². The highest BCUT2D eigenvalue weighted by molar-refractivity contribution is 5.83. The van der Waals surface area contributed by atoms with Crippen LogP contribution in [0.25, 0.3) is 10.8 Å². The molecule has 88 valence electrons. The molecule has 0 bridgehead atoms. The van der Waals surface area contributed by atoms with Crippen LogP contribution in [0.2, 0.25) is 0 Å². The number of fused-ring (bicyclic) bond motifs is 1. The lowest BCUT2D eigenvalue weighted by Crippen LogP contribution is -2.40. The molecule has 17 heavy (non-hydrogen) atoms. The molecule has 0 unspecified atom stereocenters. The van der Waals surface area contributed by atoms with E-state index in [1.165, 1.54) is 17.2 Å². The molecule has 0 spiro atoms. The van der Waals surface area contributed by atoms with Crippen LogP contribution in [-0.4, -0.2) is 5.11 Å². The second-order valence-corrected chi connectivity index (χ2v) is 5.28. The summed E-state index contributed by atoms with van der Waals surface area (Å²) in [5.74, 6) is 0.700. The molecular weight excluding hydrogens is 208 g/mol.